The zero-order valence-corrected chi connectivity index (χ0v) is 13.8. The lowest BCUT2D eigenvalue weighted by Gasteiger charge is -2.44. The summed E-state index contributed by atoms with van der Waals surface area (Å²) in [6.45, 7) is 1.51. The number of fused-ring (bicyclic) bond motifs is 2. The quantitative estimate of drug-likeness (QED) is 0.661. The molecule has 3 atom stereocenters. The van der Waals surface area contributed by atoms with Gasteiger partial charge in [-0.3, -0.25) is 10.3 Å². The third kappa shape index (κ3) is 2.43. The van der Waals surface area contributed by atoms with Gasteiger partial charge >= 0.3 is 6.09 Å². The van der Waals surface area contributed by atoms with Crippen molar-refractivity contribution in [2.75, 3.05) is 5.73 Å². The topological polar surface area (TPSA) is 122 Å². The number of carbonyl (C=O) groups is 1. The maximum Gasteiger partial charge on any atom is 0.410 e. The summed E-state index contributed by atoms with van der Waals surface area (Å²) in [6.07, 6.45) is -0.168. The number of sulfone groups is 1. The molecule has 7 nitrogen and oxygen atoms in total. The lowest BCUT2D eigenvalue weighted by molar-refractivity contribution is 0.199. The molecular formula is C15H18FN3O4S. The van der Waals surface area contributed by atoms with E-state index in [-0.39, 0.29) is 17.1 Å². The van der Waals surface area contributed by atoms with Crippen molar-refractivity contribution < 1.29 is 22.7 Å². The second-order valence-electron chi connectivity index (χ2n) is 6.31. The summed E-state index contributed by atoms with van der Waals surface area (Å²) in [7, 11) is -3.71. The van der Waals surface area contributed by atoms with E-state index in [0.29, 0.717) is 19.3 Å². The Labute approximate surface area is 138 Å². The Kier molecular flexibility index (Phi) is 3.78. The first kappa shape index (κ1) is 16.7. The van der Waals surface area contributed by atoms with Gasteiger partial charge in [0.2, 0.25) is 0 Å². The van der Waals surface area contributed by atoms with Gasteiger partial charge in [0.25, 0.3) is 0 Å². The van der Waals surface area contributed by atoms with Crippen LogP contribution in [0.1, 0.15) is 31.7 Å². The minimum atomic E-state index is -3.71. The highest BCUT2D eigenvalue weighted by molar-refractivity contribution is 7.93. The minimum absolute atomic E-state index is 0.0566. The number of carboxylic acid groups (broad SMARTS) is 1. The van der Waals surface area contributed by atoms with E-state index in [1.54, 1.807) is 0 Å². The molecule has 1 amide bonds. The van der Waals surface area contributed by atoms with Crippen molar-refractivity contribution in [2.45, 2.75) is 42.2 Å². The van der Waals surface area contributed by atoms with E-state index >= 15 is 0 Å². The molecular weight excluding hydrogens is 337 g/mol. The fourth-order valence-corrected chi connectivity index (χ4v) is 6.31. The summed E-state index contributed by atoms with van der Waals surface area (Å²) < 4.78 is 40.2. The number of benzene rings is 1. The van der Waals surface area contributed by atoms with Gasteiger partial charge in [0.1, 0.15) is 22.4 Å². The number of hydrogen-bond acceptors (Lipinski definition) is 5. The molecule has 1 aromatic rings. The molecule has 1 fully saturated rings. The molecule has 0 unspecified atom stereocenters. The average molecular weight is 355 g/mol. The zero-order chi connectivity index (χ0) is 17.7. The standard InChI is InChI=1S/C15H18FN3O4S/c1-15(9-7-8(17)5-6-10(9)16)12-4-2-3-11(24(12,22)23)13(19-15)18-14(20)21/h5-7,11-12H,2-4,17H2,1H3,(H,18,19)(H,20,21)/t11-,12+,15-/m1/s1. The minimum Gasteiger partial charge on any atom is -0.465 e. The van der Waals surface area contributed by atoms with Crippen LogP contribution in [0.2, 0.25) is 0 Å². The van der Waals surface area contributed by atoms with E-state index in [0.717, 1.165) is 6.07 Å². The molecule has 0 spiro atoms. The zero-order valence-electron chi connectivity index (χ0n) is 13.0. The van der Waals surface area contributed by atoms with Gasteiger partial charge in [-0.2, -0.15) is 0 Å². The predicted molar refractivity (Wildman–Crippen MR) is 87.1 cm³/mol. The Balaban J connectivity index is 2.26. The van der Waals surface area contributed by atoms with Gasteiger partial charge in [-0.1, -0.05) is 6.42 Å². The number of anilines is 1. The summed E-state index contributed by atoms with van der Waals surface area (Å²) in [5.41, 5.74) is 4.63. The van der Waals surface area contributed by atoms with Crippen LogP contribution in [0.3, 0.4) is 0 Å². The van der Waals surface area contributed by atoms with Gasteiger partial charge in [-0.25, -0.2) is 17.6 Å². The van der Waals surface area contributed by atoms with Gasteiger partial charge in [-0.15, -0.1) is 0 Å². The summed E-state index contributed by atoms with van der Waals surface area (Å²) >= 11 is 0. The van der Waals surface area contributed by atoms with Crippen molar-refractivity contribution in [3.63, 3.8) is 0 Å². The largest absolute Gasteiger partial charge is 0.465 e. The first-order chi connectivity index (χ1) is 11.2. The Morgan fingerprint density at radius 2 is 2.17 bits per heavy atom. The molecule has 0 saturated carbocycles. The molecule has 130 valence electrons. The van der Waals surface area contributed by atoms with E-state index in [1.165, 1.54) is 19.1 Å². The monoisotopic (exact) mass is 355 g/mol. The molecule has 4 N–H and O–H groups in total. The Bertz CT molecular complexity index is 839. The lowest BCUT2D eigenvalue weighted by atomic mass is 9.84. The molecule has 0 aliphatic carbocycles. The van der Waals surface area contributed by atoms with Crippen LogP contribution in [-0.4, -0.2) is 36.0 Å². The van der Waals surface area contributed by atoms with Crippen LogP contribution in [0.5, 0.6) is 0 Å². The van der Waals surface area contributed by atoms with Crippen LogP contribution in [0.4, 0.5) is 14.9 Å². The molecule has 2 bridgehead atoms. The number of rotatable bonds is 1. The molecule has 0 radical (unpaired) electrons. The van der Waals surface area contributed by atoms with E-state index in [4.69, 9.17) is 10.8 Å². The third-order valence-corrected chi connectivity index (χ3v) is 7.52. The van der Waals surface area contributed by atoms with Gasteiger partial charge in [0, 0.05) is 11.3 Å². The number of aliphatic imine (C=N–C) groups is 1. The van der Waals surface area contributed by atoms with Crippen LogP contribution < -0.4 is 11.1 Å². The molecule has 1 aromatic carbocycles. The molecule has 0 aromatic heterocycles. The molecule has 2 aliphatic rings. The molecule has 24 heavy (non-hydrogen) atoms. The Morgan fingerprint density at radius 3 is 2.83 bits per heavy atom. The van der Waals surface area contributed by atoms with Crippen molar-refractivity contribution >= 4 is 27.5 Å². The van der Waals surface area contributed by atoms with Crippen molar-refractivity contribution in [3.8, 4) is 0 Å². The highest BCUT2D eigenvalue weighted by Crippen LogP contribution is 2.45. The number of hydrogen-bond donors (Lipinski definition) is 3. The Hall–Kier alpha value is -2.16. The van der Waals surface area contributed by atoms with E-state index < -0.39 is 37.8 Å². The highest BCUT2D eigenvalue weighted by atomic mass is 32.2. The first-order valence-electron chi connectivity index (χ1n) is 7.54. The lowest BCUT2D eigenvalue weighted by Crippen LogP contribution is -2.58. The number of amidine groups is 1. The number of halogens is 1. The van der Waals surface area contributed by atoms with Gasteiger partial charge in [-0.05, 0) is 38.0 Å². The number of nitrogens with one attached hydrogen (secondary N) is 1. The average Bonchev–Trinajstić information content (AvgIpc) is 2.45. The fraction of sp³-hybridized carbons (Fsp3) is 0.467. The second-order valence-corrected chi connectivity index (χ2v) is 8.63. The summed E-state index contributed by atoms with van der Waals surface area (Å²) in [6, 6.07) is 3.91. The number of amides is 1. The van der Waals surface area contributed by atoms with Crippen molar-refractivity contribution in [2.24, 2.45) is 4.99 Å². The van der Waals surface area contributed by atoms with E-state index in [2.05, 4.69) is 10.3 Å². The van der Waals surface area contributed by atoms with Crippen LogP contribution >= 0.6 is 0 Å². The first-order valence-corrected chi connectivity index (χ1v) is 9.15. The maximum atomic E-state index is 14.4. The van der Waals surface area contributed by atoms with E-state index in [1.807, 2.05) is 0 Å². The van der Waals surface area contributed by atoms with Gasteiger partial charge in [0.15, 0.2) is 9.84 Å². The highest BCUT2D eigenvalue weighted by Gasteiger charge is 2.55. The van der Waals surface area contributed by atoms with Crippen molar-refractivity contribution in [3.05, 3.63) is 29.6 Å². The number of nitrogen functional groups attached to an aromatic ring is 1. The fourth-order valence-electron chi connectivity index (χ4n) is 3.69. The van der Waals surface area contributed by atoms with Crippen molar-refractivity contribution in [1.29, 1.82) is 0 Å². The number of nitrogens with two attached hydrogens (primary N) is 1. The summed E-state index contributed by atoms with van der Waals surface area (Å²) in [4.78, 5) is 15.4. The van der Waals surface area contributed by atoms with E-state index in [9.17, 15) is 17.6 Å². The van der Waals surface area contributed by atoms with Crippen molar-refractivity contribution in [1.82, 2.24) is 5.32 Å². The van der Waals surface area contributed by atoms with Gasteiger partial charge < -0.3 is 10.8 Å². The molecule has 2 heterocycles. The Morgan fingerprint density at radius 1 is 1.46 bits per heavy atom. The van der Waals surface area contributed by atoms with Crippen LogP contribution in [0.25, 0.3) is 0 Å². The third-order valence-electron chi connectivity index (χ3n) is 4.78. The van der Waals surface area contributed by atoms with Gasteiger partial charge in [0.05, 0.1) is 5.25 Å². The summed E-state index contributed by atoms with van der Waals surface area (Å²) in [5, 5.41) is 9.16. The molecule has 9 heteroatoms. The maximum absolute atomic E-state index is 14.4. The number of nitrogens with zero attached hydrogens (tertiary/aromatic N) is 1. The van der Waals surface area contributed by atoms with Crippen LogP contribution in [-0.2, 0) is 15.4 Å². The SMILES string of the molecule is C[C@]1(c2cc(N)ccc2F)N=C(NC(=O)O)[C@H]2CCC[C@@H]1S2(=O)=O. The normalized spacial score (nSPS) is 31.2. The predicted octanol–water partition coefficient (Wildman–Crippen LogP) is 1.64. The molecule has 1 saturated heterocycles. The van der Waals surface area contributed by atoms with Crippen LogP contribution in [0, 0.1) is 5.82 Å². The van der Waals surface area contributed by atoms with Crippen LogP contribution in [0.15, 0.2) is 23.2 Å². The smallest absolute Gasteiger partial charge is 0.410 e. The molecule has 3 rings (SSSR count). The molecule has 2 aliphatic heterocycles. The summed E-state index contributed by atoms with van der Waals surface area (Å²) in [5.74, 6) is -0.771. The second kappa shape index (κ2) is 5.44.